The molecular formula is C13H19N3O3. The summed E-state index contributed by atoms with van der Waals surface area (Å²) in [5.74, 6) is 0.532. The molecule has 104 valence electrons. The van der Waals surface area contributed by atoms with Crippen molar-refractivity contribution in [2.75, 3.05) is 32.7 Å². The summed E-state index contributed by atoms with van der Waals surface area (Å²) in [6.45, 7) is 2.26. The van der Waals surface area contributed by atoms with E-state index in [1.54, 1.807) is 17.7 Å². The van der Waals surface area contributed by atoms with Gasteiger partial charge in [0.25, 0.3) is 0 Å². The summed E-state index contributed by atoms with van der Waals surface area (Å²) >= 11 is 0. The van der Waals surface area contributed by atoms with Crippen molar-refractivity contribution in [3.8, 4) is 11.9 Å². The molecule has 0 saturated carbocycles. The molecule has 0 spiro atoms. The fraction of sp³-hybridized carbons (Fsp3) is 0.615. The van der Waals surface area contributed by atoms with E-state index < -0.39 is 0 Å². The molecular weight excluding hydrogens is 246 g/mol. The number of hydrogen-bond donors (Lipinski definition) is 1. The highest BCUT2D eigenvalue weighted by atomic mass is 16.5. The Hall–Kier alpha value is -1.71. The minimum absolute atomic E-state index is 0.128. The SMILES string of the molecule is COCCOc1c(N)cc(C#N)n1CC1CCCO1. The summed E-state index contributed by atoms with van der Waals surface area (Å²) in [6, 6.07) is 3.77. The van der Waals surface area contributed by atoms with Crippen molar-refractivity contribution in [3.05, 3.63) is 11.8 Å². The highest BCUT2D eigenvalue weighted by Crippen LogP contribution is 2.28. The minimum atomic E-state index is 0.128. The van der Waals surface area contributed by atoms with Crippen LogP contribution in [0.2, 0.25) is 0 Å². The number of rotatable bonds is 6. The summed E-state index contributed by atoms with van der Waals surface area (Å²) in [5, 5.41) is 9.15. The first kappa shape index (κ1) is 13.7. The van der Waals surface area contributed by atoms with Crippen LogP contribution in [0.5, 0.6) is 5.88 Å². The smallest absolute Gasteiger partial charge is 0.218 e. The molecule has 1 aliphatic heterocycles. The van der Waals surface area contributed by atoms with Gasteiger partial charge in [0.2, 0.25) is 5.88 Å². The maximum absolute atomic E-state index is 9.15. The fourth-order valence-electron chi connectivity index (χ4n) is 2.20. The Morgan fingerprint density at radius 3 is 3.05 bits per heavy atom. The van der Waals surface area contributed by atoms with Gasteiger partial charge >= 0.3 is 0 Å². The maximum atomic E-state index is 9.15. The zero-order valence-corrected chi connectivity index (χ0v) is 11.1. The van der Waals surface area contributed by atoms with E-state index in [-0.39, 0.29) is 6.10 Å². The van der Waals surface area contributed by atoms with Gasteiger partial charge in [0.1, 0.15) is 18.4 Å². The van der Waals surface area contributed by atoms with E-state index in [0.717, 1.165) is 19.4 Å². The third-order valence-corrected chi connectivity index (χ3v) is 3.13. The first-order valence-corrected chi connectivity index (χ1v) is 6.38. The maximum Gasteiger partial charge on any atom is 0.218 e. The molecule has 0 aliphatic carbocycles. The van der Waals surface area contributed by atoms with Crippen molar-refractivity contribution < 1.29 is 14.2 Å². The Labute approximate surface area is 112 Å². The van der Waals surface area contributed by atoms with E-state index in [1.165, 1.54) is 0 Å². The third kappa shape index (κ3) is 3.19. The molecule has 1 saturated heterocycles. The van der Waals surface area contributed by atoms with Crippen LogP contribution in [0.3, 0.4) is 0 Å². The molecule has 0 radical (unpaired) electrons. The van der Waals surface area contributed by atoms with Gasteiger partial charge in [0.15, 0.2) is 0 Å². The van der Waals surface area contributed by atoms with Crippen LogP contribution >= 0.6 is 0 Å². The molecule has 6 heteroatoms. The van der Waals surface area contributed by atoms with Gasteiger partial charge in [0, 0.05) is 19.8 Å². The van der Waals surface area contributed by atoms with Crippen LogP contribution < -0.4 is 10.5 Å². The number of methoxy groups -OCH3 is 1. The topological polar surface area (TPSA) is 82.4 Å². The zero-order chi connectivity index (χ0) is 13.7. The Balaban J connectivity index is 2.14. The van der Waals surface area contributed by atoms with Gasteiger partial charge in [-0.25, -0.2) is 0 Å². The molecule has 1 fully saturated rings. The fourth-order valence-corrected chi connectivity index (χ4v) is 2.20. The molecule has 19 heavy (non-hydrogen) atoms. The second-order valence-corrected chi connectivity index (χ2v) is 4.49. The monoisotopic (exact) mass is 265 g/mol. The van der Waals surface area contributed by atoms with E-state index in [0.29, 0.717) is 37.0 Å². The number of hydrogen-bond acceptors (Lipinski definition) is 5. The van der Waals surface area contributed by atoms with Crippen molar-refractivity contribution in [1.82, 2.24) is 4.57 Å². The number of nitriles is 1. The van der Waals surface area contributed by atoms with Crippen LogP contribution in [-0.2, 0) is 16.0 Å². The molecule has 1 aliphatic rings. The van der Waals surface area contributed by atoms with Crippen LogP contribution in [0, 0.1) is 11.3 Å². The van der Waals surface area contributed by atoms with Gasteiger partial charge in [-0.2, -0.15) is 5.26 Å². The van der Waals surface area contributed by atoms with Gasteiger partial charge in [-0.05, 0) is 12.8 Å². The van der Waals surface area contributed by atoms with E-state index in [9.17, 15) is 0 Å². The number of nitrogens with two attached hydrogens (primary N) is 1. The van der Waals surface area contributed by atoms with Crippen molar-refractivity contribution in [2.45, 2.75) is 25.5 Å². The largest absolute Gasteiger partial charge is 0.475 e. The van der Waals surface area contributed by atoms with Crippen LogP contribution in [0.1, 0.15) is 18.5 Å². The number of ether oxygens (including phenoxy) is 3. The molecule has 2 rings (SSSR count). The van der Waals surface area contributed by atoms with Crippen LogP contribution in [0.25, 0.3) is 0 Å². The van der Waals surface area contributed by atoms with Crippen LogP contribution in [0.4, 0.5) is 5.69 Å². The van der Waals surface area contributed by atoms with E-state index in [4.69, 9.17) is 25.2 Å². The first-order valence-electron chi connectivity index (χ1n) is 6.38. The molecule has 1 aromatic rings. The lowest BCUT2D eigenvalue weighted by Crippen LogP contribution is -2.18. The summed E-state index contributed by atoms with van der Waals surface area (Å²) in [7, 11) is 1.61. The number of nitrogen functional groups attached to an aromatic ring is 1. The number of aromatic nitrogens is 1. The molecule has 6 nitrogen and oxygen atoms in total. The predicted octanol–water partition coefficient (Wildman–Crippen LogP) is 1.15. The highest BCUT2D eigenvalue weighted by Gasteiger charge is 2.21. The normalized spacial score (nSPS) is 18.4. The Morgan fingerprint density at radius 2 is 2.42 bits per heavy atom. The average molecular weight is 265 g/mol. The lowest BCUT2D eigenvalue weighted by atomic mass is 10.2. The molecule has 0 amide bonds. The van der Waals surface area contributed by atoms with Crippen molar-refractivity contribution >= 4 is 5.69 Å². The van der Waals surface area contributed by atoms with E-state index >= 15 is 0 Å². The second-order valence-electron chi connectivity index (χ2n) is 4.49. The van der Waals surface area contributed by atoms with E-state index in [2.05, 4.69) is 6.07 Å². The van der Waals surface area contributed by atoms with Gasteiger partial charge in [-0.1, -0.05) is 0 Å². The Kier molecular flexibility index (Phi) is 4.66. The van der Waals surface area contributed by atoms with Crippen molar-refractivity contribution in [3.63, 3.8) is 0 Å². The zero-order valence-electron chi connectivity index (χ0n) is 11.1. The van der Waals surface area contributed by atoms with Gasteiger partial charge in [-0.15, -0.1) is 0 Å². The third-order valence-electron chi connectivity index (χ3n) is 3.13. The van der Waals surface area contributed by atoms with Crippen molar-refractivity contribution in [1.29, 1.82) is 5.26 Å². The predicted molar refractivity (Wildman–Crippen MR) is 69.9 cm³/mol. The van der Waals surface area contributed by atoms with Gasteiger partial charge in [-0.3, -0.25) is 4.57 Å². The highest BCUT2D eigenvalue weighted by molar-refractivity contribution is 5.55. The molecule has 0 bridgehead atoms. The van der Waals surface area contributed by atoms with E-state index in [1.807, 2.05) is 0 Å². The minimum Gasteiger partial charge on any atom is -0.475 e. The lowest BCUT2D eigenvalue weighted by molar-refractivity contribution is 0.0918. The van der Waals surface area contributed by atoms with Gasteiger partial charge in [0.05, 0.1) is 24.9 Å². The second kappa shape index (κ2) is 6.45. The lowest BCUT2D eigenvalue weighted by Gasteiger charge is -2.15. The molecule has 1 aromatic heterocycles. The summed E-state index contributed by atoms with van der Waals surface area (Å²) in [4.78, 5) is 0. The summed E-state index contributed by atoms with van der Waals surface area (Å²) in [6.07, 6.45) is 2.19. The molecule has 1 unspecified atom stereocenters. The van der Waals surface area contributed by atoms with Gasteiger partial charge < -0.3 is 19.9 Å². The molecule has 0 aromatic carbocycles. The Morgan fingerprint density at radius 1 is 1.58 bits per heavy atom. The van der Waals surface area contributed by atoms with Crippen LogP contribution in [-0.4, -0.2) is 37.6 Å². The average Bonchev–Trinajstić information content (AvgIpc) is 3.01. The quantitative estimate of drug-likeness (QED) is 0.780. The van der Waals surface area contributed by atoms with Crippen LogP contribution in [0.15, 0.2) is 6.07 Å². The number of anilines is 1. The molecule has 2 heterocycles. The first-order chi connectivity index (χ1) is 9.26. The molecule has 1 atom stereocenters. The Bertz CT molecular complexity index is 458. The summed E-state index contributed by atoms with van der Waals surface area (Å²) in [5.41, 5.74) is 6.87. The van der Waals surface area contributed by atoms with Crippen molar-refractivity contribution in [2.24, 2.45) is 0 Å². The number of nitrogens with zero attached hydrogens (tertiary/aromatic N) is 2. The standard InChI is InChI=1S/C13H19N3O3/c1-17-5-6-19-13-12(15)7-10(8-14)16(13)9-11-3-2-4-18-11/h7,11H,2-6,9,15H2,1H3. The summed E-state index contributed by atoms with van der Waals surface area (Å²) < 4.78 is 17.9. The molecule has 2 N–H and O–H groups in total.